The summed E-state index contributed by atoms with van der Waals surface area (Å²) in [6.07, 6.45) is 0. The number of amides is 1. The summed E-state index contributed by atoms with van der Waals surface area (Å²) in [5, 5.41) is 11.9. The van der Waals surface area contributed by atoms with Crippen LogP contribution in [0.4, 0.5) is 10.1 Å². The van der Waals surface area contributed by atoms with Gasteiger partial charge in [0.2, 0.25) is 5.91 Å². The molecule has 6 nitrogen and oxygen atoms in total. The molecule has 0 aliphatic rings. The van der Waals surface area contributed by atoms with Crippen molar-refractivity contribution in [2.75, 3.05) is 11.1 Å². The summed E-state index contributed by atoms with van der Waals surface area (Å²) in [6.45, 7) is 2.02. The van der Waals surface area contributed by atoms with Crippen molar-refractivity contribution in [3.05, 3.63) is 96.1 Å². The minimum Gasteiger partial charge on any atom is -0.483 e. The van der Waals surface area contributed by atoms with E-state index in [9.17, 15) is 9.18 Å². The number of hydrogen-bond acceptors (Lipinski definition) is 5. The maximum Gasteiger partial charge on any atom is 0.234 e. The number of aryl methyl sites for hydroxylation is 1. The van der Waals surface area contributed by atoms with Crippen molar-refractivity contribution < 1.29 is 13.9 Å². The number of nitrogens with one attached hydrogen (secondary N) is 1. The van der Waals surface area contributed by atoms with Crippen LogP contribution < -0.4 is 10.1 Å². The Hall–Kier alpha value is -3.65. The summed E-state index contributed by atoms with van der Waals surface area (Å²) in [6, 6.07) is 23.3. The molecule has 1 aromatic heterocycles. The molecule has 1 amide bonds. The van der Waals surface area contributed by atoms with E-state index in [2.05, 4.69) is 15.5 Å². The number of aromatic nitrogens is 3. The minimum atomic E-state index is -0.444. The van der Waals surface area contributed by atoms with Crippen molar-refractivity contribution in [1.29, 1.82) is 0 Å². The van der Waals surface area contributed by atoms with Gasteiger partial charge in [-0.05, 0) is 43.3 Å². The Bertz CT molecular complexity index is 1200. The predicted octanol–water partition coefficient (Wildman–Crippen LogP) is 5.02. The van der Waals surface area contributed by atoms with Gasteiger partial charge in [0.05, 0.1) is 5.75 Å². The molecule has 0 saturated carbocycles. The van der Waals surface area contributed by atoms with Gasteiger partial charge < -0.3 is 10.1 Å². The van der Waals surface area contributed by atoms with Gasteiger partial charge in [0.1, 0.15) is 6.61 Å². The topological polar surface area (TPSA) is 69.0 Å². The summed E-state index contributed by atoms with van der Waals surface area (Å²) in [7, 11) is 0. The van der Waals surface area contributed by atoms with Crippen LogP contribution in [0.5, 0.6) is 5.75 Å². The van der Waals surface area contributed by atoms with Crippen LogP contribution in [0.3, 0.4) is 0 Å². The smallest absolute Gasteiger partial charge is 0.234 e. The Kier molecular flexibility index (Phi) is 6.81. The molecule has 0 unspecified atom stereocenters. The second-order valence-corrected chi connectivity index (χ2v) is 7.93. The number of para-hydroxylation sites is 2. The highest BCUT2D eigenvalue weighted by Crippen LogP contribution is 2.24. The van der Waals surface area contributed by atoms with E-state index in [0.29, 0.717) is 11.0 Å². The van der Waals surface area contributed by atoms with E-state index in [4.69, 9.17) is 4.74 Å². The third-order valence-electron chi connectivity index (χ3n) is 4.58. The minimum absolute atomic E-state index is 0.0267. The maximum atomic E-state index is 13.9. The fourth-order valence-corrected chi connectivity index (χ4v) is 3.76. The Morgan fingerprint density at radius 2 is 1.72 bits per heavy atom. The zero-order chi connectivity index (χ0) is 22.3. The first-order valence-electron chi connectivity index (χ1n) is 9.96. The van der Waals surface area contributed by atoms with Crippen molar-refractivity contribution >= 4 is 23.4 Å². The van der Waals surface area contributed by atoms with Gasteiger partial charge in [-0.25, -0.2) is 4.39 Å². The molecule has 0 aliphatic heterocycles. The number of ether oxygens (including phenoxy) is 1. The zero-order valence-electron chi connectivity index (χ0n) is 17.4. The first kappa shape index (κ1) is 21.6. The molecule has 4 aromatic rings. The van der Waals surface area contributed by atoms with Crippen LogP contribution in [-0.2, 0) is 11.4 Å². The highest BCUT2D eigenvalue weighted by molar-refractivity contribution is 7.99. The van der Waals surface area contributed by atoms with Crippen LogP contribution in [0.15, 0.2) is 84.0 Å². The fourth-order valence-electron chi connectivity index (χ4n) is 2.99. The molecular weight excluding hydrogens is 427 g/mol. The number of rotatable bonds is 8. The average Bonchev–Trinajstić information content (AvgIpc) is 3.22. The van der Waals surface area contributed by atoms with E-state index in [-0.39, 0.29) is 24.0 Å². The Morgan fingerprint density at radius 1 is 1.00 bits per heavy atom. The zero-order valence-corrected chi connectivity index (χ0v) is 18.2. The second kappa shape index (κ2) is 10.1. The van der Waals surface area contributed by atoms with Gasteiger partial charge in [-0.15, -0.1) is 10.2 Å². The Balaban J connectivity index is 1.49. The molecule has 0 fully saturated rings. The molecule has 0 bridgehead atoms. The summed E-state index contributed by atoms with van der Waals surface area (Å²) in [5.74, 6) is 0.210. The van der Waals surface area contributed by atoms with E-state index in [1.165, 1.54) is 17.8 Å². The van der Waals surface area contributed by atoms with Crippen LogP contribution >= 0.6 is 11.8 Å². The number of halogens is 1. The van der Waals surface area contributed by atoms with Crippen LogP contribution in [0.1, 0.15) is 11.4 Å². The van der Waals surface area contributed by atoms with Crippen LogP contribution in [-0.4, -0.2) is 26.4 Å². The third-order valence-corrected chi connectivity index (χ3v) is 5.50. The number of carbonyl (C=O) groups excluding carboxylic acids is 1. The fraction of sp³-hybridized carbons (Fsp3) is 0.125. The van der Waals surface area contributed by atoms with Crippen LogP contribution in [0, 0.1) is 12.7 Å². The lowest BCUT2D eigenvalue weighted by Gasteiger charge is -2.11. The molecule has 8 heteroatoms. The Morgan fingerprint density at radius 3 is 2.47 bits per heavy atom. The van der Waals surface area contributed by atoms with E-state index in [0.717, 1.165) is 16.9 Å². The molecule has 0 saturated heterocycles. The third kappa shape index (κ3) is 5.33. The van der Waals surface area contributed by atoms with Gasteiger partial charge in [-0.3, -0.25) is 9.36 Å². The molecule has 4 rings (SSSR count). The summed E-state index contributed by atoms with van der Waals surface area (Å²) < 4.78 is 21.4. The number of thioether (sulfide) groups is 1. The molecule has 162 valence electrons. The van der Waals surface area contributed by atoms with Gasteiger partial charge in [0.15, 0.2) is 22.5 Å². The van der Waals surface area contributed by atoms with Gasteiger partial charge in [-0.2, -0.15) is 0 Å². The second-order valence-electron chi connectivity index (χ2n) is 6.99. The van der Waals surface area contributed by atoms with E-state index >= 15 is 0 Å². The quantitative estimate of drug-likeness (QED) is 0.383. The van der Waals surface area contributed by atoms with Crippen LogP contribution in [0.2, 0.25) is 0 Å². The molecule has 3 aromatic carbocycles. The van der Waals surface area contributed by atoms with Gasteiger partial charge in [0.25, 0.3) is 0 Å². The number of benzene rings is 3. The van der Waals surface area contributed by atoms with Gasteiger partial charge >= 0.3 is 0 Å². The highest BCUT2D eigenvalue weighted by atomic mass is 32.2. The molecule has 0 atom stereocenters. The standard InChI is InChI=1S/C24H21FN4O2S/c1-17-11-13-18(14-12-17)26-23(30)16-32-24-28-27-22(29(24)19-7-3-2-4-8-19)15-31-21-10-6-5-9-20(21)25/h2-14H,15-16H2,1H3,(H,26,30). The molecule has 32 heavy (non-hydrogen) atoms. The molecular formula is C24H21FN4O2S. The van der Waals surface area contributed by atoms with Gasteiger partial charge in [0, 0.05) is 11.4 Å². The number of hydrogen-bond donors (Lipinski definition) is 1. The molecule has 1 heterocycles. The lowest BCUT2D eigenvalue weighted by atomic mass is 10.2. The SMILES string of the molecule is Cc1ccc(NC(=O)CSc2nnc(COc3ccccc3F)n2-c2ccccc2)cc1. The van der Waals surface area contributed by atoms with E-state index in [1.54, 1.807) is 18.2 Å². The average molecular weight is 449 g/mol. The summed E-state index contributed by atoms with van der Waals surface area (Å²) in [5.41, 5.74) is 2.69. The number of anilines is 1. The highest BCUT2D eigenvalue weighted by Gasteiger charge is 2.17. The first-order valence-corrected chi connectivity index (χ1v) is 10.9. The number of carbonyl (C=O) groups is 1. The normalized spacial score (nSPS) is 10.7. The lowest BCUT2D eigenvalue weighted by Crippen LogP contribution is -2.14. The van der Waals surface area contributed by atoms with Crippen molar-refractivity contribution in [1.82, 2.24) is 14.8 Å². The first-order chi connectivity index (χ1) is 15.6. The molecule has 0 aliphatic carbocycles. The Labute approximate surface area is 189 Å². The predicted molar refractivity (Wildman–Crippen MR) is 123 cm³/mol. The van der Waals surface area contributed by atoms with E-state index < -0.39 is 5.82 Å². The molecule has 0 spiro atoms. The van der Waals surface area contributed by atoms with Gasteiger partial charge in [-0.1, -0.05) is 59.8 Å². The molecule has 1 N–H and O–H groups in total. The van der Waals surface area contributed by atoms with Crippen molar-refractivity contribution in [3.63, 3.8) is 0 Å². The summed E-state index contributed by atoms with van der Waals surface area (Å²) >= 11 is 1.27. The van der Waals surface area contributed by atoms with Crippen molar-refractivity contribution in [3.8, 4) is 11.4 Å². The monoisotopic (exact) mass is 448 g/mol. The lowest BCUT2D eigenvalue weighted by molar-refractivity contribution is -0.113. The molecule has 0 radical (unpaired) electrons. The van der Waals surface area contributed by atoms with Crippen molar-refractivity contribution in [2.24, 2.45) is 0 Å². The van der Waals surface area contributed by atoms with E-state index in [1.807, 2.05) is 66.1 Å². The maximum absolute atomic E-state index is 13.9. The number of nitrogens with zero attached hydrogens (tertiary/aromatic N) is 3. The summed E-state index contributed by atoms with van der Waals surface area (Å²) in [4.78, 5) is 12.4. The van der Waals surface area contributed by atoms with Crippen LogP contribution in [0.25, 0.3) is 5.69 Å². The van der Waals surface area contributed by atoms with Crippen molar-refractivity contribution in [2.45, 2.75) is 18.7 Å². The largest absolute Gasteiger partial charge is 0.483 e.